The average Bonchev–Trinajstić information content (AvgIpc) is 3.90. The number of carbonyl (C=O) groups excluding carboxylic acids is 1. The number of hydrogen-bond acceptors (Lipinski definition) is 6. The highest BCUT2D eigenvalue weighted by molar-refractivity contribution is 6.10. The molecule has 3 aliphatic rings. The van der Waals surface area contributed by atoms with Gasteiger partial charge in [-0.2, -0.15) is 5.26 Å². The monoisotopic (exact) mass is 529 g/mol. The normalized spacial score (nSPS) is 16.4. The number of rotatable bonds is 8. The van der Waals surface area contributed by atoms with Crippen molar-refractivity contribution in [2.24, 2.45) is 13.0 Å². The number of nitriles is 1. The van der Waals surface area contributed by atoms with E-state index < -0.39 is 0 Å². The Balaban J connectivity index is 1.25. The van der Waals surface area contributed by atoms with E-state index in [9.17, 15) is 10.1 Å². The number of carbonyl (C=O) groups is 1. The molecule has 0 unspecified atom stereocenters. The lowest BCUT2D eigenvalue weighted by Gasteiger charge is -2.18. The molecule has 2 aromatic carbocycles. The van der Waals surface area contributed by atoms with Crippen LogP contribution < -0.4 is 4.90 Å². The largest absolute Gasteiger partial charge is 0.317 e. The van der Waals surface area contributed by atoms with Crippen molar-refractivity contribution in [1.29, 1.82) is 5.26 Å². The molecule has 0 radical (unpaired) electrons. The van der Waals surface area contributed by atoms with Gasteiger partial charge in [0.1, 0.15) is 12.1 Å². The Morgan fingerprint density at radius 3 is 2.60 bits per heavy atom. The molecule has 40 heavy (non-hydrogen) atoms. The lowest BCUT2D eigenvalue weighted by molar-refractivity contribution is 0.0995. The molecule has 0 spiro atoms. The molecule has 200 valence electrons. The summed E-state index contributed by atoms with van der Waals surface area (Å²) < 4.78 is 1.85. The maximum atomic E-state index is 13.8. The van der Waals surface area contributed by atoms with Gasteiger partial charge in [0.2, 0.25) is 0 Å². The maximum absolute atomic E-state index is 13.8. The number of anilines is 1. The van der Waals surface area contributed by atoms with Gasteiger partial charge in [0.25, 0.3) is 5.91 Å². The average molecular weight is 530 g/mol. The standard InChI is InChI=1S/C32H31N7O/c1-37(16-20-3-4-20)17-22-5-7-24-18-39(32(40)27(24)12-22)30-14-25(13-29(35-30)23-8-9-23)26-10-6-21(15-33)11-28(26)31-36-34-19-38(31)2/h5-7,10-14,19-20,23H,3-4,8-9,16-18H2,1-2H3. The van der Waals surface area contributed by atoms with E-state index in [1.165, 1.54) is 18.4 Å². The summed E-state index contributed by atoms with van der Waals surface area (Å²) in [4.78, 5) is 22.9. The van der Waals surface area contributed by atoms with E-state index in [4.69, 9.17) is 4.98 Å². The zero-order valence-corrected chi connectivity index (χ0v) is 22.8. The van der Waals surface area contributed by atoms with Gasteiger partial charge in [-0.1, -0.05) is 18.2 Å². The SMILES string of the molecule is CN(Cc1ccc2c(c1)C(=O)N(c1cc(-c3ccc(C#N)cc3-c3nncn3C)cc(C3CC3)n1)C2)CC1CC1. The highest BCUT2D eigenvalue weighted by Crippen LogP contribution is 2.43. The minimum Gasteiger partial charge on any atom is -0.317 e. The second-order valence-electron chi connectivity index (χ2n) is 11.6. The van der Waals surface area contributed by atoms with Crippen molar-refractivity contribution in [3.8, 4) is 28.6 Å². The molecule has 2 aromatic heterocycles. The van der Waals surface area contributed by atoms with Crippen molar-refractivity contribution < 1.29 is 4.79 Å². The first-order chi connectivity index (χ1) is 19.5. The van der Waals surface area contributed by atoms with Crippen LogP contribution in [0.2, 0.25) is 0 Å². The number of aryl methyl sites for hydroxylation is 1. The molecular formula is C32H31N7O. The maximum Gasteiger partial charge on any atom is 0.260 e. The van der Waals surface area contributed by atoms with E-state index in [-0.39, 0.29) is 5.91 Å². The highest BCUT2D eigenvalue weighted by Gasteiger charge is 2.33. The van der Waals surface area contributed by atoms with E-state index >= 15 is 0 Å². The number of aromatic nitrogens is 4. The Morgan fingerprint density at radius 2 is 1.88 bits per heavy atom. The Bertz CT molecular complexity index is 1680. The Hall–Kier alpha value is -4.35. The van der Waals surface area contributed by atoms with Gasteiger partial charge < -0.3 is 9.47 Å². The molecule has 2 saturated carbocycles. The van der Waals surface area contributed by atoms with Gasteiger partial charge in [-0.05, 0) is 91.2 Å². The van der Waals surface area contributed by atoms with Crippen molar-refractivity contribution in [3.63, 3.8) is 0 Å². The van der Waals surface area contributed by atoms with Crippen molar-refractivity contribution in [1.82, 2.24) is 24.6 Å². The van der Waals surface area contributed by atoms with E-state index in [1.54, 1.807) is 6.33 Å². The number of nitrogens with zero attached hydrogens (tertiary/aromatic N) is 7. The molecule has 0 N–H and O–H groups in total. The van der Waals surface area contributed by atoms with Crippen LogP contribution >= 0.6 is 0 Å². The lowest BCUT2D eigenvalue weighted by Crippen LogP contribution is -2.24. The predicted octanol–water partition coefficient (Wildman–Crippen LogP) is 5.30. The number of fused-ring (bicyclic) bond motifs is 1. The van der Waals surface area contributed by atoms with Crippen molar-refractivity contribution in [2.45, 2.75) is 44.7 Å². The summed E-state index contributed by atoms with van der Waals surface area (Å²) in [6, 6.07) is 18.3. The van der Waals surface area contributed by atoms with E-state index in [0.717, 1.165) is 65.4 Å². The minimum absolute atomic E-state index is 0.00134. The molecule has 0 saturated heterocycles. The third kappa shape index (κ3) is 4.67. The Morgan fingerprint density at radius 1 is 1.02 bits per heavy atom. The number of pyridine rings is 1. The summed E-state index contributed by atoms with van der Waals surface area (Å²) in [6.45, 7) is 2.47. The molecule has 0 atom stereocenters. The van der Waals surface area contributed by atoms with Crippen molar-refractivity contribution >= 4 is 11.7 Å². The van der Waals surface area contributed by atoms with E-state index in [1.807, 2.05) is 40.8 Å². The molecule has 0 bridgehead atoms. The smallest absolute Gasteiger partial charge is 0.260 e. The topological polar surface area (TPSA) is 90.9 Å². The minimum atomic E-state index is 0.00134. The van der Waals surface area contributed by atoms with Crippen LogP contribution in [0.25, 0.3) is 22.5 Å². The molecule has 1 amide bonds. The quantitative estimate of drug-likeness (QED) is 0.308. The van der Waals surface area contributed by atoms with Crippen LogP contribution in [0.1, 0.15) is 64.3 Å². The molecule has 2 fully saturated rings. The number of benzene rings is 2. The highest BCUT2D eigenvalue weighted by atomic mass is 16.2. The molecule has 3 heterocycles. The van der Waals surface area contributed by atoms with E-state index in [2.05, 4.69) is 52.5 Å². The second kappa shape index (κ2) is 9.68. The third-order valence-corrected chi connectivity index (χ3v) is 8.21. The summed E-state index contributed by atoms with van der Waals surface area (Å²) in [7, 11) is 4.05. The first-order valence-corrected chi connectivity index (χ1v) is 14.0. The molecule has 4 aromatic rings. The van der Waals surface area contributed by atoms with Gasteiger partial charge in [-0.3, -0.25) is 9.69 Å². The first-order valence-electron chi connectivity index (χ1n) is 14.0. The zero-order valence-electron chi connectivity index (χ0n) is 22.8. The van der Waals surface area contributed by atoms with E-state index in [0.29, 0.717) is 29.7 Å². The van der Waals surface area contributed by atoms with Gasteiger partial charge >= 0.3 is 0 Å². The summed E-state index contributed by atoms with van der Waals surface area (Å²) in [5.41, 5.74) is 7.27. The predicted molar refractivity (Wildman–Crippen MR) is 152 cm³/mol. The third-order valence-electron chi connectivity index (χ3n) is 8.21. The van der Waals surface area contributed by atoms with Crippen LogP contribution in [0.5, 0.6) is 0 Å². The fourth-order valence-electron chi connectivity index (χ4n) is 5.75. The molecule has 7 rings (SSSR count). The summed E-state index contributed by atoms with van der Waals surface area (Å²) in [6.07, 6.45) is 6.53. The van der Waals surface area contributed by atoms with Gasteiger partial charge in [0.05, 0.1) is 18.2 Å². The van der Waals surface area contributed by atoms with Crippen LogP contribution in [0.4, 0.5) is 5.82 Å². The fraction of sp³-hybridized carbons (Fsp3) is 0.344. The van der Waals surface area contributed by atoms with Crippen molar-refractivity contribution in [2.75, 3.05) is 18.5 Å². The van der Waals surface area contributed by atoms with Gasteiger partial charge in [-0.25, -0.2) is 4.98 Å². The molecular weight excluding hydrogens is 498 g/mol. The van der Waals surface area contributed by atoms with Gasteiger partial charge in [0.15, 0.2) is 5.82 Å². The molecule has 8 heteroatoms. The number of hydrogen-bond donors (Lipinski definition) is 0. The first kappa shape index (κ1) is 24.7. The van der Waals surface area contributed by atoms with Crippen LogP contribution in [-0.4, -0.2) is 44.1 Å². The summed E-state index contributed by atoms with van der Waals surface area (Å²) in [5.74, 6) is 2.59. The molecule has 1 aliphatic heterocycles. The fourth-order valence-corrected chi connectivity index (χ4v) is 5.75. The van der Waals surface area contributed by atoms with Crippen molar-refractivity contribution in [3.05, 3.63) is 82.8 Å². The Kier molecular flexibility index (Phi) is 5.97. The van der Waals surface area contributed by atoms with Crippen LogP contribution in [0.3, 0.4) is 0 Å². The molecule has 8 nitrogen and oxygen atoms in total. The molecule has 2 aliphatic carbocycles. The summed E-state index contributed by atoms with van der Waals surface area (Å²) in [5, 5.41) is 18.0. The van der Waals surface area contributed by atoms with Crippen LogP contribution in [0.15, 0.2) is 54.9 Å². The van der Waals surface area contributed by atoms with Crippen LogP contribution in [0, 0.1) is 17.2 Å². The van der Waals surface area contributed by atoms with Gasteiger partial charge in [0, 0.05) is 42.9 Å². The zero-order chi connectivity index (χ0) is 27.4. The second-order valence-corrected chi connectivity index (χ2v) is 11.6. The lowest BCUT2D eigenvalue weighted by atomic mass is 9.96. The Labute approximate surface area is 233 Å². The van der Waals surface area contributed by atoms with Gasteiger partial charge in [-0.15, -0.1) is 10.2 Å². The van der Waals surface area contributed by atoms with Crippen LogP contribution in [-0.2, 0) is 20.1 Å². The number of amides is 1. The summed E-state index contributed by atoms with van der Waals surface area (Å²) >= 11 is 0.